The van der Waals surface area contributed by atoms with Crippen LogP contribution in [-0.4, -0.2) is 55.4 Å². The minimum Gasteiger partial charge on any atom is -0.390 e. The van der Waals surface area contributed by atoms with E-state index in [0.717, 1.165) is 23.5 Å². The maximum Gasteiger partial charge on any atom is 0.275 e. The van der Waals surface area contributed by atoms with Gasteiger partial charge in [-0.1, -0.05) is 0 Å². The zero-order valence-electron chi connectivity index (χ0n) is 12.7. The van der Waals surface area contributed by atoms with Crippen molar-refractivity contribution in [3.63, 3.8) is 0 Å². The number of nitrogens with zero attached hydrogens (tertiary/aromatic N) is 1. The molecule has 0 bridgehead atoms. The summed E-state index contributed by atoms with van der Waals surface area (Å²) in [7, 11) is 0. The lowest BCUT2D eigenvalue weighted by molar-refractivity contribution is 0.0190. The zero-order chi connectivity index (χ0) is 16.4. The number of nitrogens with one attached hydrogen (secondary N) is 2. The highest BCUT2D eigenvalue weighted by Crippen LogP contribution is 2.41. The molecular formula is C15H22N4O3S. The van der Waals surface area contributed by atoms with Gasteiger partial charge >= 0.3 is 0 Å². The lowest BCUT2D eigenvalue weighted by Gasteiger charge is -2.16. The van der Waals surface area contributed by atoms with E-state index in [1.807, 2.05) is 0 Å². The maximum atomic E-state index is 11.8. The number of aromatic amines is 2. The molecular weight excluding hydrogens is 316 g/mol. The largest absolute Gasteiger partial charge is 0.390 e. The molecule has 2 aromatic heterocycles. The van der Waals surface area contributed by atoms with Crippen molar-refractivity contribution in [3.8, 4) is 0 Å². The van der Waals surface area contributed by atoms with Gasteiger partial charge in [0.2, 0.25) is 0 Å². The number of thioether (sulfide) groups is 1. The zero-order valence-corrected chi connectivity index (χ0v) is 13.6. The van der Waals surface area contributed by atoms with Crippen LogP contribution in [-0.2, 0) is 0 Å². The summed E-state index contributed by atoms with van der Waals surface area (Å²) in [4.78, 5) is 21.4. The minimum atomic E-state index is -0.838. The lowest BCUT2D eigenvalue weighted by Crippen LogP contribution is -2.28. The van der Waals surface area contributed by atoms with E-state index in [9.17, 15) is 15.0 Å². The number of aliphatic hydroxyl groups is 2. The Hall–Kier alpha value is -1.35. The van der Waals surface area contributed by atoms with Gasteiger partial charge < -0.3 is 25.9 Å². The van der Waals surface area contributed by atoms with E-state index in [1.165, 1.54) is 6.33 Å². The number of nitrogens with two attached hydrogens (primary N) is 1. The molecule has 6 N–H and O–H groups in total. The molecule has 7 nitrogen and oxygen atoms in total. The Bertz CT molecular complexity index is 716. The number of fused-ring (bicyclic) bond motifs is 1. The van der Waals surface area contributed by atoms with Crippen LogP contribution in [0.15, 0.2) is 17.3 Å². The van der Waals surface area contributed by atoms with Crippen LogP contribution in [0, 0.1) is 5.92 Å². The monoisotopic (exact) mass is 338 g/mol. The first-order chi connectivity index (χ1) is 11.1. The first-order valence-corrected chi connectivity index (χ1v) is 8.97. The maximum absolute atomic E-state index is 11.8. The first-order valence-electron chi connectivity index (χ1n) is 7.82. The Kier molecular flexibility index (Phi) is 5.05. The van der Waals surface area contributed by atoms with Gasteiger partial charge in [0.15, 0.2) is 0 Å². The normalized spacial score (nSPS) is 27.8. The van der Waals surface area contributed by atoms with E-state index >= 15 is 0 Å². The summed E-state index contributed by atoms with van der Waals surface area (Å²) in [6.45, 7) is 0.668. The summed E-state index contributed by atoms with van der Waals surface area (Å²) in [6.07, 6.45) is 3.12. The fourth-order valence-corrected chi connectivity index (χ4v) is 4.45. The van der Waals surface area contributed by atoms with Crippen LogP contribution in [0.4, 0.5) is 0 Å². The van der Waals surface area contributed by atoms with Crippen LogP contribution in [0.1, 0.15) is 24.3 Å². The van der Waals surface area contributed by atoms with Crippen molar-refractivity contribution >= 4 is 22.8 Å². The van der Waals surface area contributed by atoms with Crippen LogP contribution < -0.4 is 11.3 Å². The van der Waals surface area contributed by atoms with Gasteiger partial charge in [-0.3, -0.25) is 4.79 Å². The van der Waals surface area contributed by atoms with E-state index in [0.29, 0.717) is 24.0 Å². The molecule has 0 spiro atoms. The third kappa shape index (κ3) is 3.16. The molecule has 0 unspecified atom stereocenters. The van der Waals surface area contributed by atoms with E-state index in [2.05, 4.69) is 15.0 Å². The van der Waals surface area contributed by atoms with Gasteiger partial charge in [0.05, 0.1) is 24.1 Å². The number of rotatable bonds is 6. The Morgan fingerprint density at radius 1 is 1.35 bits per heavy atom. The number of aliphatic hydroxyl groups excluding tert-OH is 2. The van der Waals surface area contributed by atoms with Gasteiger partial charge in [0.25, 0.3) is 5.56 Å². The third-order valence-electron chi connectivity index (χ3n) is 4.52. The Labute approximate surface area is 137 Å². The van der Waals surface area contributed by atoms with E-state index < -0.39 is 12.2 Å². The molecule has 3 rings (SSSR count). The van der Waals surface area contributed by atoms with Crippen LogP contribution in [0.3, 0.4) is 0 Å². The first kappa shape index (κ1) is 16.5. The van der Waals surface area contributed by atoms with Gasteiger partial charge in [-0.05, 0) is 36.8 Å². The van der Waals surface area contributed by atoms with Gasteiger partial charge in [-0.2, -0.15) is 11.8 Å². The molecule has 1 aliphatic rings. The quantitative estimate of drug-likeness (QED) is 0.477. The van der Waals surface area contributed by atoms with Crippen molar-refractivity contribution in [1.29, 1.82) is 0 Å². The minimum absolute atomic E-state index is 0.0321. The highest BCUT2D eigenvalue weighted by Gasteiger charge is 2.42. The summed E-state index contributed by atoms with van der Waals surface area (Å²) in [5, 5.41) is 20.7. The molecule has 1 saturated carbocycles. The van der Waals surface area contributed by atoms with Crippen LogP contribution in [0.2, 0.25) is 0 Å². The van der Waals surface area contributed by atoms with E-state index in [4.69, 9.17) is 5.73 Å². The summed E-state index contributed by atoms with van der Waals surface area (Å²) in [5.74, 6) is 1.58. The van der Waals surface area contributed by atoms with Crippen molar-refractivity contribution in [3.05, 3.63) is 28.4 Å². The standard InChI is InChI=1S/C15H22N4O3S/c16-2-1-3-23-6-8-4-9(14(21)13(8)20)10-5-17-12-11(10)18-7-19-15(12)22/h5,7-9,13-14,17,20-21H,1-4,6,16H2,(H,18,19,22)/t8-,9+,13-,14+/m1/s1. The van der Waals surface area contributed by atoms with Gasteiger partial charge in [0.1, 0.15) is 5.52 Å². The number of hydrogen-bond acceptors (Lipinski definition) is 6. The molecule has 0 radical (unpaired) electrons. The second-order valence-electron chi connectivity index (χ2n) is 6.00. The molecule has 23 heavy (non-hydrogen) atoms. The SMILES string of the molecule is NCCCSC[C@H]1C[C@@H](c2c[nH]c3c(=O)[nH]cnc23)[C@H](O)[C@@H]1O. The number of aromatic nitrogens is 3. The summed E-state index contributed by atoms with van der Waals surface area (Å²) in [6, 6.07) is 0. The van der Waals surface area contributed by atoms with Crippen molar-refractivity contribution < 1.29 is 10.2 Å². The summed E-state index contributed by atoms with van der Waals surface area (Å²) >= 11 is 1.76. The van der Waals surface area contributed by atoms with Crippen molar-refractivity contribution in [2.24, 2.45) is 11.7 Å². The molecule has 0 aliphatic heterocycles. The summed E-state index contributed by atoms with van der Waals surface area (Å²) < 4.78 is 0. The fourth-order valence-electron chi connectivity index (χ4n) is 3.27. The molecule has 1 fully saturated rings. The molecule has 2 aromatic rings. The average molecular weight is 338 g/mol. The van der Waals surface area contributed by atoms with Crippen molar-refractivity contribution in [1.82, 2.24) is 15.0 Å². The highest BCUT2D eigenvalue weighted by molar-refractivity contribution is 7.99. The molecule has 1 aliphatic carbocycles. The van der Waals surface area contributed by atoms with Gasteiger partial charge in [0, 0.05) is 17.7 Å². The highest BCUT2D eigenvalue weighted by atomic mass is 32.2. The van der Waals surface area contributed by atoms with Crippen LogP contribution in [0.25, 0.3) is 11.0 Å². The molecule has 8 heteroatoms. The summed E-state index contributed by atoms with van der Waals surface area (Å²) in [5.41, 5.74) is 7.03. The lowest BCUT2D eigenvalue weighted by atomic mass is 9.96. The number of hydrogen-bond donors (Lipinski definition) is 5. The topological polar surface area (TPSA) is 128 Å². The van der Waals surface area contributed by atoms with Crippen LogP contribution >= 0.6 is 11.8 Å². The molecule has 4 atom stereocenters. The third-order valence-corrected chi connectivity index (χ3v) is 5.77. The number of H-pyrrole nitrogens is 2. The fraction of sp³-hybridized carbons (Fsp3) is 0.600. The molecule has 2 heterocycles. The second kappa shape index (κ2) is 7.04. The Morgan fingerprint density at radius 2 is 2.17 bits per heavy atom. The molecule has 0 saturated heterocycles. The molecule has 126 valence electrons. The van der Waals surface area contributed by atoms with Gasteiger partial charge in [-0.25, -0.2) is 4.98 Å². The smallest absolute Gasteiger partial charge is 0.275 e. The predicted octanol–water partition coefficient (Wildman–Crippen LogP) is 0.158. The van der Waals surface area contributed by atoms with Crippen molar-refractivity contribution in [2.75, 3.05) is 18.1 Å². The van der Waals surface area contributed by atoms with Crippen LogP contribution in [0.5, 0.6) is 0 Å². The van der Waals surface area contributed by atoms with Gasteiger partial charge in [-0.15, -0.1) is 0 Å². The average Bonchev–Trinajstić information content (AvgIpc) is 3.09. The predicted molar refractivity (Wildman–Crippen MR) is 90.6 cm³/mol. The van der Waals surface area contributed by atoms with Crippen molar-refractivity contribution in [2.45, 2.75) is 31.0 Å². The molecule has 0 aromatic carbocycles. The Morgan fingerprint density at radius 3 is 2.96 bits per heavy atom. The molecule has 0 amide bonds. The van der Waals surface area contributed by atoms with E-state index in [-0.39, 0.29) is 17.4 Å². The van der Waals surface area contributed by atoms with E-state index in [1.54, 1.807) is 18.0 Å². The second-order valence-corrected chi connectivity index (χ2v) is 7.15. The Balaban J connectivity index is 1.77.